The van der Waals surface area contributed by atoms with Gasteiger partial charge in [-0.25, -0.2) is 0 Å². The van der Waals surface area contributed by atoms with Crippen LogP contribution in [-0.4, -0.2) is 0 Å². The molecule has 1 saturated carbocycles. The van der Waals surface area contributed by atoms with Gasteiger partial charge in [-0.3, -0.25) is 0 Å². The van der Waals surface area contributed by atoms with Crippen molar-refractivity contribution >= 4 is 0 Å². The molecule has 3 rings (SSSR count). The van der Waals surface area contributed by atoms with E-state index in [2.05, 4.69) is 75.1 Å². The van der Waals surface area contributed by atoms with Crippen molar-refractivity contribution < 1.29 is 0 Å². The number of rotatable bonds is 1. The second kappa shape index (κ2) is 7.05. The molecule has 1 aliphatic carbocycles. The Bertz CT molecular complexity index is 717. The molecule has 0 radical (unpaired) electrons. The summed E-state index contributed by atoms with van der Waals surface area (Å²) in [7, 11) is 0. The van der Waals surface area contributed by atoms with Crippen LogP contribution < -0.4 is 0 Å². The van der Waals surface area contributed by atoms with Crippen LogP contribution in [0.2, 0.25) is 0 Å². The zero-order chi connectivity index (χ0) is 16.2. The van der Waals surface area contributed by atoms with Crippen LogP contribution >= 0.6 is 0 Å². The first-order valence-electron chi connectivity index (χ1n) is 8.81. The Morgan fingerprint density at radius 2 is 1.52 bits per heavy atom. The molecule has 0 unspecified atom stereocenters. The van der Waals surface area contributed by atoms with Crippen molar-refractivity contribution in [1.82, 2.24) is 0 Å². The van der Waals surface area contributed by atoms with Crippen molar-refractivity contribution in [3.63, 3.8) is 0 Å². The fourth-order valence-corrected chi connectivity index (χ4v) is 3.45. The van der Waals surface area contributed by atoms with Crippen LogP contribution in [0.25, 0.3) is 0 Å². The van der Waals surface area contributed by atoms with Crippen LogP contribution in [0.1, 0.15) is 66.3 Å². The van der Waals surface area contributed by atoms with Crippen molar-refractivity contribution in [2.24, 2.45) is 5.92 Å². The predicted molar refractivity (Wildman–Crippen MR) is 98.7 cm³/mol. The van der Waals surface area contributed by atoms with Gasteiger partial charge in [0.05, 0.1) is 0 Å². The average molecular weight is 302 g/mol. The lowest BCUT2D eigenvalue weighted by Gasteiger charge is -2.26. The van der Waals surface area contributed by atoms with Crippen LogP contribution in [0, 0.1) is 31.6 Å². The highest BCUT2D eigenvalue weighted by molar-refractivity contribution is 5.48. The summed E-state index contributed by atoms with van der Waals surface area (Å²) in [5.41, 5.74) is 6.33. The topological polar surface area (TPSA) is 0 Å². The lowest BCUT2D eigenvalue weighted by Crippen LogP contribution is -2.11. The van der Waals surface area contributed by atoms with Crippen LogP contribution in [0.5, 0.6) is 0 Å². The van der Waals surface area contributed by atoms with Gasteiger partial charge in [0.15, 0.2) is 0 Å². The molecule has 23 heavy (non-hydrogen) atoms. The summed E-state index contributed by atoms with van der Waals surface area (Å²) >= 11 is 0. The number of benzene rings is 2. The summed E-state index contributed by atoms with van der Waals surface area (Å²) in [4.78, 5) is 0. The van der Waals surface area contributed by atoms with Gasteiger partial charge in [0.25, 0.3) is 0 Å². The summed E-state index contributed by atoms with van der Waals surface area (Å²) in [6.45, 7) is 6.67. The molecule has 0 nitrogen and oxygen atoms in total. The molecule has 0 aliphatic heterocycles. The van der Waals surface area contributed by atoms with E-state index in [0.29, 0.717) is 0 Å². The van der Waals surface area contributed by atoms with Gasteiger partial charge in [-0.1, -0.05) is 61.4 Å². The predicted octanol–water partition coefficient (Wildman–Crippen LogP) is 6.00. The lowest BCUT2D eigenvalue weighted by atomic mass is 9.79. The van der Waals surface area contributed by atoms with Gasteiger partial charge in [-0.05, 0) is 67.9 Å². The van der Waals surface area contributed by atoms with Gasteiger partial charge in [0.2, 0.25) is 0 Å². The molecule has 0 N–H and O–H groups in total. The third kappa shape index (κ3) is 4.05. The largest absolute Gasteiger partial charge is 0.0625 e. The quantitative estimate of drug-likeness (QED) is 0.567. The number of hydrogen-bond acceptors (Lipinski definition) is 0. The molecule has 0 heteroatoms. The van der Waals surface area contributed by atoms with E-state index in [4.69, 9.17) is 0 Å². The summed E-state index contributed by atoms with van der Waals surface area (Å²) in [5.74, 6) is 8.28. The van der Waals surface area contributed by atoms with Gasteiger partial charge in [0.1, 0.15) is 0 Å². The first kappa shape index (κ1) is 15.9. The zero-order valence-electron chi connectivity index (χ0n) is 14.5. The zero-order valence-corrected chi connectivity index (χ0v) is 14.5. The second-order valence-corrected chi connectivity index (χ2v) is 7.15. The molecule has 0 aromatic heterocycles. The molecule has 118 valence electrons. The van der Waals surface area contributed by atoms with Crippen molar-refractivity contribution in [3.05, 3.63) is 70.3 Å². The molecule has 0 bridgehead atoms. The molecule has 0 amide bonds. The highest BCUT2D eigenvalue weighted by atomic mass is 14.2. The van der Waals surface area contributed by atoms with Crippen molar-refractivity contribution in [3.8, 4) is 11.8 Å². The molecular formula is C23H26. The fourth-order valence-electron chi connectivity index (χ4n) is 3.45. The molecule has 2 aromatic carbocycles. The van der Waals surface area contributed by atoms with Gasteiger partial charge < -0.3 is 0 Å². The van der Waals surface area contributed by atoms with E-state index in [0.717, 1.165) is 23.0 Å². The molecule has 0 heterocycles. The fraction of sp³-hybridized carbons (Fsp3) is 0.391. The summed E-state index contributed by atoms with van der Waals surface area (Å²) < 4.78 is 0. The Kier molecular flexibility index (Phi) is 4.87. The standard InChI is InChI=1S/C23H26/c1-17-4-8-20(9-5-17)10-13-21-14-15-23(16-19(21)3)22-11-6-18(2)7-12-22/h4-5,8-9,14-16,18,22H,6-7,11-12H2,1-3H3. The summed E-state index contributed by atoms with van der Waals surface area (Å²) in [5, 5.41) is 0. The van der Waals surface area contributed by atoms with E-state index in [1.807, 2.05) is 0 Å². The van der Waals surface area contributed by atoms with Crippen LogP contribution in [0.4, 0.5) is 0 Å². The second-order valence-electron chi connectivity index (χ2n) is 7.15. The highest BCUT2D eigenvalue weighted by Crippen LogP contribution is 2.35. The SMILES string of the molecule is Cc1ccc(C#Cc2ccc(C3CCC(C)CC3)cc2C)cc1. The van der Waals surface area contributed by atoms with Crippen molar-refractivity contribution in [1.29, 1.82) is 0 Å². The van der Waals surface area contributed by atoms with Crippen molar-refractivity contribution in [2.75, 3.05) is 0 Å². The Hall–Kier alpha value is -2.00. The molecule has 0 saturated heterocycles. The Morgan fingerprint density at radius 3 is 2.17 bits per heavy atom. The van der Waals surface area contributed by atoms with Gasteiger partial charge in [0, 0.05) is 11.1 Å². The van der Waals surface area contributed by atoms with Crippen LogP contribution in [0.15, 0.2) is 42.5 Å². The Balaban J connectivity index is 1.76. The maximum atomic E-state index is 3.34. The molecule has 2 aromatic rings. The lowest BCUT2D eigenvalue weighted by molar-refractivity contribution is 0.348. The minimum atomic E-state index is 0.754. The van der Waals surface area contributed by atoms with Crippen LogP contribution in [0.3, 0.4) is 0 Å². The Labute approximate surface area is 140 Å². The average Bonchev–Trinajstić information content (AvgIpc) is 2.56. The number of hydrogen-bond donors (Lipinski definition) is 0. The monoisotopic (exact) mass is 302 g/mol. The van der Waals surface area contributed by atoms with E-state index >= 15 is 0 Å². The van der Waals surface area contributed by atoms with E-state index in [1.54, 1.807) is 0 Å². The number of aryl methyl sites for hydroxylation is 2. The van der Waals surface area contributed by atoms with E-state index in [-0.39, 0.29) is 0 Å². The third-order valence-electron chi connectivity index (χ3n) is 5.13. The molecule has 1 aliphatic rings. The summed E-state index contributed by atoms with van der Waals surface area (Å²) in [6, 6.07) is 15.3. The van der Waals surface area contributed by atoms with Crippen LogP contribution in [-0.2, 0) is 0 Å². The maximum Gasteiger partial charge on any atom is 0.0278 e. The first-order valence-corrected chi connectivity index (χ1v) is 8.81. The van der Waals surface area contributed by atoms with Crippen molar-refractivity contribution in [2.45, 2.75) is 52.4 Å². The first-order chi connectivity index (χ1) is 11.1. The Morgan fingerprint density at radius 1 is 0.826 bits per heavy atom. The maximum absolute atomic E-state index is 3.34. The minimum absolute atomic E-state index is 0.754. The van der Waals surface area contributed by atoms with Gasteiger partial charge in [-0.15, -0.1) is 0 Å². The molecule has 1 fully saturated rings. The van der Waals surface area contributed by atoms with E-state index < -0.39 is 0 Å². The van der Waals surface area contributed by atoms with E-state index in [1.165, 1.54) is 42.4 Å². The molecular weight excluding hydrogens is 276 g/mol. The van der Waals surface area contributed by atoms with Gasteiger partial charge in [-0.2, -0.15) is 0 Å². The third-order valence-corrected chi connectivity index (χ3v) is 5.13. The van der Waals surface area contributed by atoms with Gasteiger partial charge >= 0.3 is 0 Å². The molecule has 0 atom stereocenters. The summed E-state index contributed by atoms with van der Waals surface area (Å²) in [6.07, 6.45) is 5.43. The highest BCUT2D eigenvalue weighted by Gasteiger charge is 2.19. The minimum Gasteiger partial charge on any atom is -0.0625 e. The smallest absolute Gasteiger partial charge is 0.0278 e. The van der Waals surface area contributed by atoms with E-state index in [9.17, 15) is 0 Å². The molecule has 0 spiro atoms. The normalized spacial score (nSPS) is 20.7.